The number of ether oxygens (including phenoxy) is 4. The molecule has 2 aliphatic heterocycles. The van der Waals surface area contributed by atoms with Gasteiger partial charge in [-0.3, -0.25) is 14.5 Å². The van der Waals surface area contributed by atoms with Gasteiger partial charge in [0.2, 0.25) is 0 Å². The van der Waals surface area contributed by atoms with E-state index in [-0.39, 0.29) is 24.3 Å². The number of hydrogen-bond donors (Lipinski definition) is 2. The number of benzene rings is 4. The lowest BCUT2D eigenvalue weighted by Gasteiger charge is -2.35. The Labute approximate surface area is 442 Å². The molecule has 4 aromatic heterocycles. The van der Waals surface area contributed by atoms with Crippen LogP contribution in [0.4, 0.5) is 9.59 Å². The summed E-state index contributed by atoms with van der Waals surface area (Å²) in [4.78, 5) is 44.5. The molecule has 0 aliphatic carbocycles. The molecule has 388 valence electrons. The lowest BCUT2D eigenvalue weighted by molar-refractivity contribution is 0.0924. The highest BCUT2D eigenvalue weighted by molar-refractivity contribution is 6.31. The summed E-state index contributed by atoms with van der Waals surface area (Å²) >= 11 is 12.6. The highest BCUT2D eigenvalue weighted by Gasteiger charge is 2.37. The van der Waals surface area contributed by atoms with Gasteiger partial charge in [-0.25, -0.2) is 19.6 Å². The maximum Gasteiger partial charge on any atom is 0.410 e. The molecule has 2 amide bonds. The van der Waals surface area contributed by atoms with Crippen LogP contribution in [0.1, 0.15) is 111 Å². The Kier molecular flexibility index (Phi) is 17.8. The lowest BCUT2D eigenvalue weighted by Crippen LogP contribution is -2.40. The van der Waals surface area contributed by atoms with E-state index in [1.807, 2.05) is 127 Å². The monoisotopic (exact) mass is 1040 g/mol. The fraction of sp³-hybridized carbons (Fsp3) is 0.386. The molecule has 0 saturated heterocycles. The molecule has 10 rings (SSSR count). The Hall–Kier alpha value is -6.97. The molecule has 74 heavy (non-hydrogen) atoms. The van der Waals surface area contributed by atoms with E-state index >= 15 is 0 Å². The lowest BCUT2D eigenvalue weighted by atomic mass is 9.92. The molecule has 17 heteroatoms. The number of imidazole rings is 1. The molecule has 6 heterocycles. The van der Waals surface area contributed by atoms with Gasteiger partial charge in [-0.05, 0) is 142 Å². The first kappa shape index (κ1) is 51.9. The Bertz CT molecular complexity index is 2840. The Morgan fingerprint density at radius 3 is 1.57 bits per heavy atom. The molecule has 0 bridgehead atoms. The number of aryl methyl sites for hydroxylation is 2. The first-order chi connectivity index (χ1) is 36.3. The molecule has 0 radical (unpaired) electrons. The predicted molar refractivity (Wildman–Crippen MR) is 288 cm³/mol. The molecule has 8 aromatic rings. The normalized spacial score (nSPS) is 15.1. The van der Waals surface area contributed by atoms with E-state index in [4.69, 9.17) is 42.1 Å². The summed E-state index contributed by atoms with van der Waals surface area (Å²) in [7, 11) is 0. The average molecular weight is 1040 g/mol. The standard InChI is InChI=1S/C29H33ClN4O3.C28H32ClN5O3/c1-2-36-29(35)34-16-13-24-25-19-22(30)9-12-26(25)32-27(24)28(34)21-7-10-23(11-8-21)37-18-6-4-3-5-15-33-17-14-31-20-33;1-2-36-28(35)34-15-13-23-24-17-21(29)9-12-25(24)32-26(23)27(34)20-7-10-22(11-8-20)37-16-6-4-3-5-14-33-19-30-18-31-33/h7-12,14,17,19-20,28,32H,2-6,13,15-16,18H2,1H3;7-12,17-19,27,32H,2-6,13-16H2,1H3. The van der Waals surface area contributed by atoms with Crippen molar-refractivity contribution in [2.45, 2.75) is 103 Å². The van der Waals surface area contributed by atoms with Crippen molar-refractivity contribution in [3.63, 3.8) is 0 Å². The van der Waals surface area contributed by atoms with E-state index in [0.717, 1.165) is 127 Å². The van der Waals surface area contributed by atoms with E-state index in [1.165, 1.54) is 17.5 Å². The summed E-state index contributed by atoms with van der Waals surface area (Å²) in [6.07, 6.45) is 18.7. The molecule has 0 saturated carbocycles. The van der Waals surface area contributed by atoms with Crippen LogP contribution in [0.3, 0.4) is 0 Å². The zero-order valence-electron chi connectivity index (χ0n) is 42.2. The molecule has 2 N–H and O–H groups in total. The second-order valence-electron chi connectivity index (χ2n) is 18.6. The third kappa shape index (κ3) is 12.7. The van der Waals surface area contributed by atoms with Gasteiger partial charge in [0.05, 0.1) is 32.8 Å². The van der Waals surface area contributed by atoms with Crippen LogP contribution < -0.4 is 9.47 Å². The number of amides is 2. The number of nitrogens with one attached hydrogen (secondary N) is 2. The largest absolute Gasteiger partial charge is 0.494 e. The van der Waals surface area contributed by atoms with Crippen LogP contribution in [0, 0.1) is 0 Å². The molecule has 15 nitrogen and oxygen atoms in total. The van der Waals surface area contributed by atoms with Gasteiger partial charge < -0.3 is 33.5 Å². The number of fused-ring (bicyclic) bond motifs is 6. The van der Waals surface area contributed by atoms with E-state index in [0.29, 0.717) is 49.6 Å². The van der Waals surface area contributed by atoms with E-state index in [2.05, 4.69) is 29.6 Å². The number of halogens is 2. The number of nitrogens with zero attached hydrogens (tertiary/aromatic N) is 7. The van der Waals surface area contributed by atoms with Crippen LogP contribution in [0.5, 0.6) is 11.5 Å². The number of aromatic nitrogens is 7. The first-order valence-electron chi connectivity index (χ1n) is 26.0. The minimum Gasteiger partial charge on any atom is -0.494 e. The zero-order valence-corrected chi connectivity index (χ0v) is 43.7. The number of hydrogen-bond acceptors (Lipinski definition) is 9. The molecular weight excluding hydrogens is 978 g/mol. The summed E-state index contributed by atoms with van der Waals surface area (Å²) in [5.74, 6) is 1.66. The van der Waals surface area contributed by atoms with Crippen LogP contribution in [0.25, 0.3) is 21.8 Å². The summed E-state index contributed by atoms with van der Waals surface area (Å²) in [5, 5.41) is 7.76. The molecule has 4 aromatic carbocycles. The van der Waals surface area contributed by atoms with E-state index in [1.54, 1.807) is 17.6 Å². The fourth-order valence-corrected chi connectivity index (χ4v) is 10.5. The number of rotatable bonds is 20. The molecule has 2 aliphatic rings. The van der Waals surface area contributed by atoms with Crippen molar-refractivity contribution >= 4 is 57.2 Å². The molecule has 0 fully saturated rings. The third-order valence-electron chi connectivity index (χ3n) is 13.7. The number of aromatic amines is 2. The molecule has 2 unspecified atom stereocenters. The SMILES string of the molecule is CCOC(=O)N1CCc2c([nH]c3ccc(Cl)cc23)C1c1ccc(OCCCCCCn2ccnc2)cc1.CCOC(=O)N1CCc2c([nH]c3ccc(Cl)cc23)C1c1ccc(OCCCCCCn2cncn2)cc1. The topological polar surface area (TPSA) is 158 Å². The number of H-pyrrole nitrogens is 2. The van der Waals surface area contributed by atoms with Crippen molar-refractivity contribution < 1.29 is 28.5 Å². The van der Waals surface area contributed by atoms with Gasteiger partial charge in [-0.2, -0.15) is 5.10 Å². The van der Waals surface area contributed by atoms with Crippen molar-refractivity contribution in [2.24, 2.45) is 0 Å². The maximum absolute atomic E-state index is 12.9. The van der Waals surface area contributed by atoms with Gasteiger partial charge >= 0.3 is 12.2 Å². The van der Waals surface area contributed by atoms with Gasteiger partial charge in [-0.15, -0.1) is 0 Å². The minimum atomic E-state index is -0.306. The average Bonchev–Trinajstić information content (AvgIpc) is 4.26. The smallest absolute Gasteiger partial charge is 0.410 e. The zero-order chi connectivity index (χ0) is 51.2. The highest BCUT2D eigenvalue weighted by Crippen LogP contribution is 2.41. The highest BCUT2D eigenvalue weighted by atomic mass is 35.5. The van der Waals surface area contributed by atoms with Crippen molar-refractivity contribution in [3.05, 3.63) is 160 Å². The number of unbranched alkanes of at least 4 members (excludes halogenated alkanes) is 6. The van der Waals surface area contributed by atoms with Crippen molar-refractivity contribution in [1.82, 2.24) is 44.1 Å². The van der Waals surface area contributed by atoms with E-state index < -0.39 is 0 Å². The van der Waals surface area contributed by atoms with Crippen LogP contribution in [0.15, 0.2) is 116 Å². The summed E-state index contributed by atoms with van der Waals surface area (Å²) < 4.78 is 26.8. The number of carbonyl (C=O) groups excluding carboxylic acids is 2. The molecular formula is C57H65Cl2N9O6. The Morgan fingerprint density at radius 1 is 0.608 bits per heavy atom. The fourth-order valence-electron chi connectivity index (χ4n) is 10.1. The second kappa shape index (κ2) is 25.3. The van der Waals surface area contributed by atoms with Crippen LogP contribution in [0.2, 0.25) is 10.0 Å². The predicted octanol–water partition coefficient (Wildman–Crippen LogP) is 12.9. The van der Waals surface area contributed by atoms with E-state index in [9.17, 15) is 9.59 Å². The number of carbonyl (C=O) groups is 2. The first-order valence-corrected chi connectivity index (χ1v) is 26.7. The van der Waals surface area contributed by atoms with Gasteiger partial charge in [-0.1, -0.05) is 66.7 Å². The second-order valence-corrected chi connectivity index (χ2v) is 19.5. The van der Waals surface area contributed by atoms with Gasteiger partial charge in [0.15, 0.2) is 0 Å². The van der Waals surface area contributed by atoms with Crippen LogP contribution >= 0.6 is 23.2 Å². The quantitative estimate of drug-likeness (QED) is 0.0709. The van der Waals surface area contributed by atoms with Gasteiger partial charge in [0, 0.05) is 81.8 Å². The van der Waals surface area contributed by atoms with Crippen LogP contribution in [-0.2, 0) is 35.4 Å². The maximum atomic E-state index is 12.9. The van der Waals surface area contributed by atoms with Crippen molar-refractivity contribution in [2.75, 3.05) is 39.5 Å². The third-order valence-corrected chi connectivity index (χ3v) is 14.2. The Balaban J connectivity index is 0.000000182. The van der Waals surface area contributed by atoms with Crippen molar-refractivity contribution in [1.29, 1.82) is 0 Å². The molecule has 0 spiro atoms. The summed E-state index contributed by atoms with van der Waals surface area (Å²) in [6.45, 7) is 8.77. The Morgan fingerprint density at radius 2 is 1.11 bits per heavy atom. The van der Waals surface area contributed by atoms with Crippen LogP contribution in [-0.4, -0.2) is 95.8 Å². The van der Waals surface area contributed by atoms with Gasteiger partial charge in [0.25, 0.3) is 0 Å². The summed E-state index contributed by atoms with van der Waals surface area (Å²) in [5.41, 5.74) is 8.49. The molecule has 2 atom stereocenters. The van der Waals surface area contributed by atoms with Gasteiger partial charge in [0.1, 0.15) is 36.2 Å². The van der Waals surface area contributed by atoms with Crippen molar-refractivity contribution in [3.8, 4) is 11.5 Å². The minimum absolute atomic E-state index is 0.265. The summed E-state index contributed by atoms with van der Waals surface area (Å²) in [6, 6.07) is 27.3.